The minimum absolute atomic E-state index is 0.0771. The van der Waals surface area contributed by atoms with Crippen LogP contribution in [0.4, 0.5) is 21.6 Å². The zero-order valence-electron chi connectivity index (χ0n) is 15.7. The first kappa shape index (κ1) is 20.3. The molecule has 3 aromatic rings. The molecule has 0 fully saturated rings. The molecule has 0 unspecified atom stereocenters. The summed E-state index contributed by atoms with van der Waals surface area (Å²) in [5.74, 6) is -1.28. The van der Waals surface area contributed by atoms with E-state index in [1.54, 1.807) is 0 Å². The van der Waals surface area contributed by atoms with Crippen LogP contribution in [-0.2, 0) is 0 Å². The lowest BCUT2D eigenvalue weighted by Crippen LogP contribution is -2.20. The molecule has 0 aliphatic carbocycles. The average molecular weight is 413 g/mol. The number of halogens is 2. The molecule has 2 aromatic carbocycles. The summed E-state index contributed by atoms with van der Waals surface area (Å²) >= 11 is 5.68. The molecule has 0 aliphatic rings. The number of para-hydroxylation sites is 1. The highest BCUT2D eigenvalue weighted by Gasteiger charge is 2.15. The van der Waals surface area contributed by atoms with Gasteiger partial charge in [0.2, 0.25) is 0 Å². The fourth-order valence-corrected chi connectivity index (χ4v) is 2.72. The summed E-state index contributed by atoms with van der Waals surface area (Å²) in [5.41, 5.74) is 2.39. The number of pyridine rings is 1. The number of aryl methyl sites for hydroxylation is 1. The first-order chi connectivity index (χ1) is 13.9. The van der Waals surface area contributed by atoms with Crippen molar-refractivity contribution in [1.82, 2.24) is 10.3 Å². The molecule has 148 valence electrons. The maximum Gasteiger partial charge on any atom is 0.255 e. The fraction of sp³-hybridized carbons (Fsp3) is 0.0952. The van der Waals surface area contributed by atoms with Gasteiger partial charge in [-0.25, -0.2) is 9.37 Å². The van der Waals surface area contributed by atoms with Gasteiger partial charge in [0.05, 0.1) is 16.3 Å². The largest absolute Gasteiger partial charge is 0.355 e. The number of anilines is 3. The van der Waals surface area contributed by atoms with Gasteiger partial charge >= 0.3 is 0 Å². The second-order valence-electron chi connectivity index (χ2n) is 6.22. The van der Waals surface area contributed by atoms with Crippen LogP contribution in [-0.4, -0.2) is 23.8 Å². The first-order valence-corrected chi connectivity index (χ1v) is 9.08. The van der Waals surface area contributed by atoms with Gasteiger partial charge in [0.15, 0.2) is 5.82 Å². The first-order valence-electron chi connectivity index (χ1n) is 8.70. The number of carbonyl (C=O) groups is 2. The van der Waals surface area contributed by atoms with Crippen molar-refractivity contribution in [2.45, 2.75) is 6.92 Å². The van der Waals surface area contributed by atoms with Gasteiger partial charge < -0.3 is 16.0 Å². The van der Waals surface area contributed by atoms with E-state index in [9.17, 15) is 14.0 Å². The van der Waals surface area contributed by atoms with E-state index in [-0.39, 0.29) is 27.7 Å². The van der Waals surface area contributed by atoms with E-state index < -0.39 is 11.7 Å². The van der Waals surface area contributed by atoms with Crippen molar-refractivity contribution < 1.29 is 14.0 Å². The van der Waals surface area contributed by atoms with Crippen LogP contribution in [0.15, 0.2) is 54.7 Å². The molecule has 3 N–H and O–H groups in total. The Morgan fingerprint density at radius 1 is 1.00 bits per heavy atom. The van der Waals surface area contributed by atoms with Crippen LogP contribution < -0.4 is 16.0 Å². The summed E-state index contributed by atoms with van der Waals surface area (Å²) in [5, 5.41) is 8.26. The Labute approximate surface area is 172 Å². The smallest absolute Gasteiger partial charge is 0.255 e. The van der Waals surface area contributed by atoms with Gasteiger partial charge in [-0.3, -0.25) is 9.59 Å². The monoisotopic (exact) mass is 412 g/mol. The quantitative estimate of drug-likeness (QED) is 0.574. The summed E-state index contributed by atoms with van der Waals surface area (Å²) in [7, 11) is 1.50. The number of hydrogen-bond donors (Lipinski definition) is 3. The third-order valence-electron chi connectivity index (χ3n) is 4.21. The lowest BCUT2D eigenvalue weighted by Gasteiger charge is -2.15. The van der Waals surface area contributed by atoms with Crippen molar-refractivity contribution in [3.8, 4) is 0 Å². The third kappa shape index (κ3) is 4.70. The van der Waals surface area contributed by atoms with Crippen LogP contribution in [0, 0.1) is 12.7 Å². The minimum atomic E-state index is -0.699. The lowest BCUT2D eigenvalue weighted by atomic mass is 10.1. The number of hydrogen-bond acceptors (Lipinski definition) is 4. The SMILES string of the molecule is CNC(=O)c1cnc(Nc2ccccc2C)c(NC(=O)c2ccc(Cl)c(F)c2)c1. The Morgan fingerprint density at radius 3 is 2.45 bits per heavy atom. The molecule has 3 rings (SSSR count). The zero-order valence-corrected chi connectivity index (χ0v) is 16.5. The maximum absolute atomic E-state index is 13.7. The summed E-state index contributed by atoms with van der Waals surface area (Å²) in [6.07, 6.45) is 1.40. The minimum Gasteiger partial charge on any atom is -0.355 e. The normalized spacial score (nSPS) is 10.3. The lowest BCUT2D eigenvalue weighted by molar-refractivity contribution is 0.0961. The van der Waals surface area contributed by atoms with Crippen LogP contribution in [0.2, 0.25) is 5.02 Å². The van der Waals surface area contributed by atoms with Crippen LogP contribution in [0.3, 0.4) is 0 Å². The van der Waals surface area contributed by atoms with Gasteiger partial charge in [0, 0.05) is 24.5 Å². The molecule has 29 heavy (non-hydrogen) atoms. The Morgan fingerprint density at radius 2 is 1.76 bits per heavy atom. The second-order valence-corrected chi connectivity index (χ2v) is 6.63. The van der Waals surface area contributed by atoms with Gasteiger partial charge in [-0.1, -0.05) is 29.8 Å². The van der Waals surface area contributed by atoms with Crippen LogP contribution in [0.25, 0.3) is 0 Å². The van der Waals surface area contributed by atoms with E-state index in [0.717, 1.165) is 17.3 Å². The van der Waals surface area contributed by atoms with Gasteiger partial charge in [-0.05, 0) is 42.8 Å². The molecule has 0 saturated heterocycles. The van der Waals surface area contributed by atoms with Crippen LogP contribution in [0.1, 0.15) is 26.3 Å². The molecule has 6 nitrogen and oxygen atoms in total. The topological polar surface area (TPSA) is 83.1 Å². The van der Waals surface area contributed by atoms with E-state index in [1.165, 1.54) is 31.4 Å². The standard InChI is InChI=1S/C21H18ClFN4O2/c1-12-5-3-4-6-17(12)26-19-18(10-14(11-25-19)20(28)24-2)27-21(29)13-7-8-15(22)16(23)9-13/h3-11H,1-2H3,(H,24,28)(H,25,26)(H,27,29). The summed E-state index contributed by atoms with van der Waals surface area (Å²) in [6, 6.07) is 12.8. The molecule has 0 aliphatic heterocycles. The zero-order chi connectivity index (χ0) is 21.0. The Kier molecular flexibility index (Phi) is 6.09. The Balaban J connectivity index is 1.97. The summed E-state index contributed by atoms with van der Waals surface area (Å²) < 4.78 is 13.7. The molecule has 0 bridgehead atoms. The number of nitrogens with zero attached hydrogens (tertiary/aromatic N) is 1. The van der Waals surface area contributed by atoms with Gasteiger partial charge in [0.1, 0.15) is 5.82 Å². The molecule has 1 aromatic heterocycles. The number of benzene rings is 2. The predicted molar refractivity (Wildman–Crippen MR) is 111 cm³/mol. The molecule has 2 amide bonds. The fourth-order valence-electron chi connectivity index (χ4n) is 2.60. The maximum atomic E-state index is 13.7. The number of aromatic nitrogens is 1. The molecule has 0 spiro atoms. The summed E-state index contributed by atoms with van der Waals surface area (Å²) in [6.45, 7) is 1.93. The molecule has 1 heterocycles. The molecule has 0 atom stereocenters. The molecule has 8 heteroatoms. The molecular formula is C21H18ClFN4O2. The summed E-state index contributed by atoms with van der Waals surface area (Å²) in [4.78, 5) is 28.9. The van der Waals surface area contributed by atoms with E-state index in [1.807, 2.05) is 31.2 Å². The molecule has 0 radical (unpaired) electrons. The van der Waals surface area contributed by atoms with Gasteiger partial charge in [-0.15, -0.1) is 0 Å². The van der Waals surface area contributed by atoms with Crippen molar-refractivity contribution in [3.63, 3.8) is 0 Å². The van der Waals surface area contributed by atoms with Crippen LogP contribution in [0.5, 0.6) is 0 Å². The van der Waals surface area contributed by atoms with Crippen molar-refractivity contribution in [1.29, 1.82) is 0 Å². The number of carbonyl (C=O) groups excluding carboxylic acids is 2. The van der Waals surface area contributed by atoms with Crippen molar-refractivity contribution in [3.05, 3.63) is 82.3 Å². The molecule has 0 saturated carbocycles. The van der Waals surface area contributed by atoms with Crippen molar-refractivity contribution >= 4 is 40.6 Å². The van der Waals surface area contributed by atoms with Gasteiger partial charge in [-0.2, -0.15) is 0 Å². The van der Waals surface area contributed by atoms with Crippen LogP contribution >= 0.6 is 11.6 Å². The number of rotatable bonds is 5. The highest BCUT2D eigenvalue weighted by atomic mass is 35.5. The molecular weight excluding hydrogens is 395 g/mol. The van der Waals surface area contributed by atoms with Gasteiger partial charge in [0.25, 0.3) is 11.8 Å². The second kappa shape index (κ2) is 8.70. The van der Waals surface area contributed by atoms with E-state index in [0.29, 0.717) is 5.82 Å². The average Bonchev–Trinajstić information content (AvgIpc) is 2.72. The Hall–Kier alpha value is -3.45. The Bertz CT molecular complexity index is 1090. The highest BCUT2D eigenvalue weighted by molar-refractivity contribution is 6.30. The van der Waals surface area contributed by atoms with Crippen molar-refractivity contribution in [2.75, 3.05) is 17.7 Å². The van der Waals surface area contributed by atoms with Crippen molar-refractivity contribution in [2.24, 2.45) is 0 Å². The highest BCUT2D eigenvalue weighted by Crippen LogP contribution is 2.27. The van der Waals surface area contributed by atoms with E-state index in [2.05, 4.69) is 20.9 Å². The third-order valence-corrected chi connectivity index (χ3v) is 4.51. The number of nitrogens with one attached hydrogen (secondary N) is 3. The van der Waals surface area contributed by atoms with E-state index in [4.69, 9.17) is 11.6 Å². The van der Waals surface area contributed by atoms with E-state index >= 15 is 0 Å². The number of amides is 2. The predicted octanol–water partition coefficient (Wildman–Crippen LogP) is 4.54.